The molecule has 0 unspecified atom stereocenters. The Hall–Kier alpha value is -2.64. The van der Waals surface area contributed by atoms with Crippen LogP contribution in [0.15, 0.2) is 42.6 Å². The molecule has 0 N–H and O–H groups in total. The molecule has 0 atom stereocenters. The largest absolute Gasteiger partial charge is 0.454 e. The zero-order valence-electron chi connectivity index (χ0n) is 11.7. The van der Waals surface area contributed by atoms with E-state index >= 15 is 0 Å². The molecule has 0 fully saturated rings. The minimum Gasteiger partial charge on any atom is -0.284 e. The predicted octanol–water partition coefficient (Wildman–Crippen LogP) is 5.15. The van der Waals surface area contributed by atoms with Crippen molar-refractivity contribution in [3.63, 3.8) is 0 Å². The number of rotatable bonds is 1. The van der Waals surface area contributed by atoms with Gasteiger partial charge < -0.3 is 0 Å². The van der Waals surface area contributed by atoms with E-state index < -0.39 is 34.6 Å². The molecule has 1 heterocycles. The van der Waals surface area contributed by atoms with E-state index in [2.05, 4.69) is 4.98 Å². The van der Waals surface area contributed by atoms with Gasteiger partial charge in [0.2, 0.25) is 0 Å². The van der Waals surface area contributed by atoms with E-state index in [1.54, 1.807) is 6.07 Å². The molecule has 0 aliphatic rings. The van der Waals surface area contributed by atoms with Gasteiger partial charge >= 0.3 is 12.4 Å². The molecule has 0 bridgehead atoms. The lowest BCUT2D eigenvalue weighted by atomic mass is 9.95. The Kier molecular flexibility index (Phi) is 3.51. The van der Waals surface area contributed by atoms with Crippen LogP contribution < -0.4 is 0 Å². The molecule has 124 valence electrons. The van der Waals surface area contributed by atoms with E-state index in [-0.39, 0.29) is 10.9 Å². The second-order valence-corrected chi connectivity index (χ2v) is 5.05. The summed E-state index contributed by atoms with van der Waals surface area (Å²) in [6.45, 7) is 0. The average Bonchev–Trinajstić information content (AvgIpc) is 2.51. The number of ketones is 1. The van der Waals surface area contributed by atoms with Gasteiger partial charge in [0.25, 0.3) is 5.78 Å². The minimum absolute atomic E-state index is 0.0756. The second kappa shape index (κ2) is 5.19. The molecule has 0 saturated carbocycles. The van der Waals surface area contributed by atoms with Crippen molar-refractivity contribution >= 4 is 27.5 Å². The molecular formula is C16H7F6NO. The smallest absolute Gasteiger partial charge is 0.284 e. The summed E-state index contributed by atoms with van der Waals surface area (Å²) in [4.78, 5) is 15.1. The van der Waals surface area contributed by atoms with Crippen molar-refractivity contribution in [3.8, 4) is 0 Å². The third-order valence-electron chi connectivity index (χ3n) is 3.54. The first-order valence-corrected chi connectivity index (χ1v) is 6.60. The van der Waals surface area contributed by atoms with E-state index in [1.165, 1.54) is 30.3 Å². The van der Waals surface area contributed by atoms with Crippen LogP contribution in [0.4, 0.5) is 26.3 Å². The molecular weight excluding hydrogens is 336 g/mol. The summed E-state index contributed by atoms with van der Waals surface area (Å²) in [6.07, 6.45) is -10.3. The fourth-order valence-corrected chi connectivity index (χ4v) is 2.58. The number of pyridine rings is 1. The van der Waals surface area contributed by atoms with Gasteiger partial charge in [-0.05, 0) is 16.8 Å². The Morgan fingerprint density at radius 2 is 1.58 bits per heavy atom. The molecule has 3 aromatic rings. The van der Waals surface area contributed by atoms with Crippen LogP contribution in [0.2, 0.25) is 0 Å². The number of carbonyl (C=O) groups is 1. The first-order valence-electron chi connectivity index (χ1n) is 6.60. The second-order valence-electron chi connectivity index (χ2n) is 5.05. The van der Waals surface area contributed by atoms with Gasteiger partial charge in [-0.3, -0.25) is 9.78 Å². The maximum atomic E-state index is 13.5. The van der Waals surface area contributed by atoms with Crippen LogP contribution in [-0.4, -0.2) is 16.9 Å². The van der Waals surface area contributed by atoms with Crippen LogP contribution in [0.25, 0.3) is 21.7 Å². The topological polar surface area (TPSA) is 30.0 Å². The number of hydrogen-bond donors (Lipinski definition) is 0. The lowest BCUT2D eigenvalue weighted by molar-refractivity contribution is -0.137. The van der Waals surface area contributed by atoms with Crippen molar-refractivity contribution in [1.29, 1.82) is 0 Å². The molecule has 0 radical (unpaired) electrons. The first kappa shape index (κ1) is 16.2. The van der Waals surface area contributed by atoms with E-state index in [4.69, 9.17) is 0 Å². The monoisotopic (exact) mass is 343 g/mol. The number of alkyl halides is 6. The summed E-state index contributed by atoms with van der Waals surface area (Å²) >= 11 is 0. The normalized spacial score (nSPS) is 12.8. The van der Waals surface area contributed by atoms with Gasteiger partial charge in [-0.1, -0.05) is 30.3 Å². The highest BCUT2D eigenvalue weighted by Crippen LogP contribution is 2.41. The Morgan fingerprint density at radius 3 is 2.21 bits per heavy atom. The van der Waals surface area contributed by atoms with E-state index in [0.29, 0.717) is 11.6 Å². The number of hydrogen-bond acceptors (Lipinski definition) is 2. The number of carbonyl (C=O) groups excluding carboxylic acids is 1. The number of halogens is 6. The van der Waals surface area contributed by atoms with Crippen molar-refractivity contribution in [2.45, 2.75) is 12.4 Å². The van der Waals surface area contributed by atoms with Crippen LogP contribution >= 0.6 is 0 Å². The van der Waals surface area contributed by atoms with Crippen molar-refractivity contribution in [2.75, 3.05) is 0 Å². The minimum atomic E-state index is -5.43. The summed E-state index contributed by atoms with van der Waals surface area (Å²) in [5.41, 5.74) is -3.26. The van der Waals surface area contributed by atoms with Crippen LogP contribution in [0.3, 0.4) is 0 Å². The van der Waals surface area contributed by atoms with Crippen molar-refractivity contribution in [2.24, 2.45) is 0 Å². The van der Waals surface area contributed by atoms with Gasteiger partial charge in [0, 0.05) is 11.6 Å². The molecule has 0 amide bonds. The van der Waals surface area contributed by atoms with Gasteiger partial charge in [0.05, 0.1) is 16.6 Å². The fourth-order valence-electron chi connectivity index (χ4n) is 2.58. The number of benzene rings is 2. The van der Waals surface area contributed by atoms with Crippen LogP contribution in [0, 0.1) is 0 Å². The number of aromatic nitrogens is 1. The third-order valence-corrected chi connectivity index (χ3v) is 3.54. The predicted molar refractivity (Wildman–Crippen MR) is 74.6 cm³/mol. The highest BCUT2D eigenvalue weighted by Gasteiger charge is 2.46. The molecule has 0 aliphatic carbocycles. The Balaban J connectivity index is 2.52. The van der Waals surface area contributed by atoms with Gasteiger partial charge in [0.1, 0.15) is 0 Å². The summed E-state index contributed by atoms with van der Waals surface area (Å²) in [7, 11) is 0. The van der Waals surface area contributed by atoms with Gasteiger partial charge in [-0.15, -0.1) is 0 Å². The lowest BCUT2D eigenvalue weighted by Gasteiger charge is -2.17. The fraction of sp³-hybridized carbons (Fsp3) is 0.125. The molecule has 3 rings (SSSR count). The summed E-state index contributed by atoms with van der Waals surface area (Å²) in [6, 6.07) is 8.69. The first-order chi connectivity index (χ1) is 11.1. The SMILES string of the molecule is O=C(c1cnc2ccc3ccccc3c2c1C(F)(F)F)C(F)(F)F. The van der Waals surface area contributed by atoms with E-state index in [9.17, 15) is 31.1 Å². The third kappa shape index (κ3) is 2.57. The van der Waals surface area contributed by atoms with E-state index in [1.807, 2.05) is 0 Å². The number of Topliss-reactive ketones (excluding diaryl/α,β-unsaturated/α-hetero) is 1. The van der Waals surface area contributed by atoms with Crippen LogP contribution in [0.5, 0.6) is 0 Å². The summed E-state index contributed by atoms with van der Waals surface area (Å²) < 4.78 is 78.5. The van der Waals surface area contributed by atoms with Gasteiger partial charge in [-0.25, -0.2) is 0 Å². The molecule has 0 saturated heterocycles. The summed E-state index contributed by atoms with van der Waals surface area (Å²) in [5.74, 6) is -2.57. The highest BCUT2D eigenvalue weighted by molar-refractivity contribution is 6.12. The quantitative estimate of drug-likeness (QED) is 0.347. The Labute approximate surface area is 130 Å². The van der Waals surface area contributed by atoms with Crippen molar-refractivity contribution in [3.05, 3.63) is 53.7 Å². The van der Waals surface area contributed by atoms with Crippen molar-refractivity contribution in [1.82, 2.24) is 4.98 Å². The molecule has 0 aliphatic heterocycles. The Morgan fingerprint density at radius 1 is 0.917 bits per heavy atom. The van der Waals surface area contributed by atoms with Crippen LogP contribution in [0.1, 0.15) is 15.9 Å². The average molecular weight is 343 g/mol. The Bertz CT molecular complexity index is 958. The zero-order chi connectivity index (χ0) is 17.7. The maximum Gasteiger partial charge on any atom is 0.454 e. The molecule has 24 heavy (non-hydrogen) atoms. The molecule has 8 heteroatoms. The zero-order valence-corrected chi connectivity index (χ0v) is 11.7. The van der Waals surface area contributed by atoms with Crippen molar-refractivity contribution < 1.29 is 31.1 Å². The summed E-state index contributed by atoms with van der Waals surface area (Å²) in [5, 5.41) is -0.0451. The van der Waals surface area contributed by atoms with Gasteiger partial charge in [0.15, 0.2) is 0 Å². The standard InChI is InChI=1S/C16H7F6NO/c17-15(18,19)13-10(14(24)16(20,21)22)7-23-11-6-5-8-3-1-2-4-9(8)12(11)13/h1-7H. The van der Waals surface area contributed by atoms with Crippen LogP contribution in [-0.2, 0) is 6.18 Å². The molecule has 2 nitrogen and oxygen atoms in total. The molecule has 1 aromatic heterocycles. The number of fused-ring (bicyclic) bond motifs is 3. The number of nitrogens with zero attached hydrogens (tertiary/aromatic N) is 1. The lowest BCUT2D eigenvalue weighted by Crippen LogP contribution is -2.26. The van der Waals surface area contributed by atoms with Gasteiger partial charge in [-0.2, -0.15) is 26.3 Å². The highest BCUT2D eigenvalue weighted by atomic mass is 19.4. The maximum absolute atomic E-state index is 13.5. The molecule has 2 aromatic carbocycles. The van der Waals surface area contributed by atoms with E-state index in [0.717, 1.165) is 0 Å². The molecule has 0 spiro atoms.